The fourth-order valence-corrected chi connectivity index (χ4v) is 3.93. The van der Waals surface area contributed by atoms with Crippen molar-refractivity contribution in [3.63, 3.8) is 0 Å². The Morgan fingerprint density at radius 1 is 1.16 bits per heavy atom. The van der Waals surface area contributed by atoms with E-state index in [1.54, 1.807) is 16.8 Å². The molecule has 2 aliphatic rings. The molecule has 1 aliphatic carbocycles. The summed E-state index contributed by atoms with van der Waals surface area (Å²) in [5.74, 6) is 0.222. The van der Waals surface area contributed by atoms with E-state index in [4.69, 9.17) is 0 Å². The SMILES string of the molecule is CCS(=O)(=O)N1CCN(CCC2=CCCCC2)CC1. The van der Waals surface area contributed by atoms with Crippen molar-refractivity contribution < 1.29 is 8.42 Å². The van der Waals surface area contributed by atoms with Crippen LogP contribution in [0.25, 0.3) is 0 Å². The van der Waals surface area contributed by atoms with Gasteiger partial charge < -0.3 is 4.90 Å². The lowest BCUT2D eigenvalue weighted by Gasteiger charge is -2.34. The van der Waals surface area contributed by atoms with Crippen LogP contribution in [0, 0.1) is 0 Å². The Bertz CT molecular complexity index is 409. The number of allylic oxidation sites excluding steroid dienone is 1. The Kier molecular flexibility index (Phi) is 5.42. The fraction of sp³-hybridized carbons (Fsp3) is 0.857. The number of nitrogens with zero attached hydrogens (tertiary/aromatic N) is 2. The molecule has 0 spiro atoms. The molecule has 1 aliphatic heterocycles. The molecule has 1 heterocycles. The highest BCUT2D eigenvalue weighted by Gasteiger charge is 2.25. The fourth-order valence-electron chi connectivity index (χ4n) is 2.85. The lowest BCUT2D eigenvalue weighted by atomic mass is 9.97. The Labute approximate surface area is 117 Å². The van der Waals surface area contributed by atoms with E-state index in [9.17, 15) is 8.42 Å². The van der Waals surface area contributed by atoms with Crippen molar-refractivity contribution in [2.75, 3.05) is 38.5 Å². The first kappa shape index (κ1) is 15.0. The highest BCUT2D eigenvalue weighted by Crippen LogP contribution is 2.20. The third-order valence-corrected chi connectivity index (χ3v) is 6.11. The number of sulfonamides is 1. The predicted molar refractivity (Wildman–Crippen MR) is 78.6 cm³/mol. The molecule has 0 saturated carbocycles. The molecule has 0 bridgehead atoms. The number of rotatable bonds is 5. The molecule has 0 atom stereocenters. The van der Waals surface area contributed by atoms with E-state index in [2.05, 4.69) is 11.0 Å². The zero-order valence-corrected chi connectivity index (χ0v) is 12.8. The summed E-state index contributed by atoms with van der Waals surface area (Å²) in [6.45, 7) is 5.90. The average molecular weight is 286 g/mol. The van der Waals surface area contributed by atoms with E-state index in [0.717, 1.165) is 19.6 Å². The third-order valence-electron chi connectivity index (χ3n) is 4.22. The van der Waals surface area contributed by atoms with Crippen molar-refractivity contribution in [2.24, 2.45) is 0 Å². The molecule has 0 radical (unpaired) electrons. The van der Waals surface area contributed by atoms with Gasteiger partial charge in [0.05, 0.1) is 5.75 Å². The van der Waals surface area contributed by atoms with Crippen molar-refractivity contribution in [3.05, 3.63) is 11.6 Å². The van der Waals surface area contributed by atoms with Crippen LogP contribution in [-0.2, 0) is 10.0 Å². The van der Waals surface area contributed by atoms with E-state index < -0.39 is 10.0 Å². The van der Waals surface area contributed by atoms with E-state index >= 15 is 0 Å². The van der Waals surface area contributed by atoms with Crippen molar-refractivity contribution in [3.8, 4) is 0 Å². The van der Waals surface area contributed by atoms with Gasteiger partial charge in [-0.15, -0.1) is 0 Å². The molecular weight excluding hydrogens is 260 g/mol. The van der Waals surface area contributed by atoms with Crippen LogP contribution in [0.15, 0.2) is 11.6 Å². The number of piperazine rings is 1. The Balaban J connectivity index is 1.73. The Hall–Kier alpha value is -0.390. The molecule has 19 heavy (non-hydrogen) atoms. The van der Waals surface area contributed by atoms with Gasteiger partial charge in [0.25, 0.3) is 0 Å². The number of hydrogen-bond donors (Lipinski definition) is 0. The summed E-state index contributed by atoms with van der Waals surface area (Å²) in [4.78, 5) is 2.40. The summed E-state index contributed by atoms with van der Waals surface area (Å²) in [6, 6.07) is 0. The van der Waals surface area contributed by atoms with Crippen LogP contribution in [0.1, 0.15) is 39.0 Å². The van der Waals surface area contributed by atoms with Crippen molar-refractivity contribution in [1.82, 2.24) is 9.21 Å². The molecule has 0 aromatic heterocycles. The summed E-state index contributed by atoms with van der Waals surface area (Å²) < 4.78 is 25.2. The largest absolute Gasteiger partial charge is 0.300 e. The van der Waals surface area contributed by atoms with E-state index in [1.807, 2.05) is 0 Å². The molecule has 0 amide bonds. The first-order chi connectivity index (χ1) is 9.12. The van der Waals surface area contributed by atoms with Gasteiger partial charge in [0.2, 0.25) is 10.0 Å². The van der Waals surface area contributed by atoms with Gasteiger partial charge in [-0.3, -0.25) is 0 Å². The minimum absolute atomic E-state index is 0.222. The molecule has 110 valence electrons. The first-order valence-corrected chi connectivity index (χ1v) is 9.11. The maximum Gasteiger partial charge on any atom is 0.213 e. The van der Waals surface area contributed by atoms with Crippen LogP contribution >= 0.6 is 0 Å². The topological polar surface area (TPSA) is 40.6 Å². The molecule has 0 N–H and O–H groups in total. The van der Waals surface area contributed by atoms with Crippen LogP contribution in [-0.4, -0.2) is 56.1 Å². The molecule has 0 aromatic rings. The molecule has 0 aromatic carbocycles. The Morgan fingerprint density at radius 2 is 1.89 bits per heavy atom. The highest BCUT2D eigenvalue weighted by molar-refractivity contribution is 7.89. The lowest BCUT2D eigenvalue weighted by Crippen LogP contribution is -2.49. The van der Waals surface area contributed by atoms with Gasteiger partial charge in [0.1, 0.15) is 0 Å². The van der Waals surface area contributed by atoms with Crippen LogP contribution in [0.2, 0.25) is 0 Å². The third kappa shape index (κ3) is 4.29. The standard InChI is InChI=1S/C14H26N2O2S/c1-2-19(17,18)16-12-10-15(11-13-16)9-8-14-6-4-3-5-7-14/h6H,2-5,7-13H2,1H3. The van der Waals surface area contributed by atoms with Gasteiger partial charge in [-0.05, 0) is 39.0 Å². The monoisotopic (exact) mass is 286 g/mol. The summed E-state index contributed by atoms with van der Waals surface area (Å²) in [5, 5.41) is 0. The molecular formula is C14H26N2O2S. The molecule has 5 heteroatoms. The van der Waals surface area contributed by atoms with Crippen LogP contribution in [0.3, 0.4) is 0 Å². The Morgan fingerprint density at radius 3 is 2.47 bits per heavy atom. The first-order valence-electron chi connectivity index (χ1n) is 7.50. The molecule has 1 fully saturated rings. The van der Waals surface area contributed by atoms with Crippen molar-refractivity contribution >= 4 is 10.0 Å². The van der Waals surface area contributed by atoms with Crippen molar-refractivity contribution in [1.29, 1.82) is 0 Å². The molecule has 0 unspecified atom stereocenters. The zero-order valence-electron chi connectivity index (χ0n) is 12.0. The second-order valence-electron chi connectivity index (χ2n) is 5.50. The lowest BCUT2D eigenvalue weighted by molar-refractivity contribution is 0.189. The molecule has 4 nitrogen and oxygen atoms in total. The zero-order chi connectivity index (χ0) is 13.7. The van der Waals surface area contributed by atoms with Gasteiger partial charge in [0.15, 0.2) is 0 Å². The molecule has 2 rings (SSSR count). The predicted octanol–water partition coefficient (Wildman–Crippen LogP) is 1.84. The molecule has 1 saturated heterocycles. The van der Waals surface area contributed by atoms with Crippen LogP contribution in [0.4, 0.5) is 0 Å². The second kappa shape index (κ2) is 6.86. The van der Waals surface area contributed by atoms with Crippen molar-refractivity contribution in [2.45, 2.75) is 39.0 Å². The maximum absolute atomic E-state index is 11.8. The summed E-state index contributed by atoms with van der Waals surface area (Å²) in [5.41, 5.74) is 1.61. The van der Waals surface area contributed by atoms with Crippen LogP contribution in [0.5, 0.6) is 0 Å². The van der Waals surface area contributed by atoms with Gasteiger partial charge in [-0.25, -0.2) is 8.42 Å². The smallest absolute Gasteiger partial charge is 0.213 e. The summed E-state index contributed by atoms with van der Waals surface area (Å²) in [6.07, 6.45) is 8.77. The van der Waals surface area contributed by atoms with E-state index in [0.29, 0.717) is 13.1 Å². The van der Waals surface area contributed by atoms with Gasteiger partial charge in [-0.2, -0.15) is 4.31 Å². The average Bonchev–Trinajstić information content (AvgIpc) is 2.47. The normalized spacial score (nSPS) is 23.3. The van der Waals surface area contributed by atoms with Gasteiger partial charge >= 0.3 is 0 Å². The summed E-state index contributed by atoms with van der Waals surface area (Å²) >= 11 is 0. The maximum atomic E-state index is 11.8. The van der Waals surface area contributed by atoms with Gasteiger partial charge in [-0.1, -0.05) is 11.6 Å². The number of hydrogen-bond acceptors (Lipinski definition) is 3. The summed E-state index contributed by atoms with van der Waals surface area (Å²) in [7, 11) is -2.98. The quantitative estimate of drug-likeness (QED) is 0.724. The van der Waals surface area contributed by atoms with Gasteiger partial charge in [0, 0.05) is 32.7 Å². The highest BCUT2D eigenvalue weighted by atomic mass is 32.2. The van der Waals surface area contributed by atoms with Crippen LogP contribution < -0.4 is 0 Å². The second-order valence-corrected chi connectivity index (χ2v) is 7.76. The van der Waals surface area contributed by atoms with E-state index in [-0.39, 0.29) is 5.75 Å². The minimum Gasteiger partial charge on any atom is -0.300 e. The van der Waals surface area contributed by atoms with E-state index in [1.165, 1.54) is 32.1 Å². The minimum atomic E-state index is -2.98.